The maximum absolute atomic E-state index is 12.3. The van der Waals surface area contributed by atoms with E-state index in [-0.39, 0.29) is 5.70 Å². The van der Waals surface area contributed by atoms with Crippen LogP contribution in [0.2, 0.25) is 0 Å². The number of hydrogen-bond donors (Lipinski definition) is 0. The number of nitrogens with zero attached hydrogens (tertiary/aromatic N) is 1. The molecule has 0 atom stereocenters. The van der Waals surface area contributed by atoms with Crippen LogP contribution in [0.4, 0.5) is 0 Å². The third kappa shape index (κ3) is 5.48. The first-order valence-electron chi connectivity index (χ1n) is 9.35. The van der Waals surface area contributed by atoms with Gasteiger partial charge in [0.25, 0.3) is 0 Å². The minimum atomic E-state index is -0.445. The number of ether oxygens (including phenoxy) is 2. The van der Waals surface area contributed by atoms with Crippen LogP contribution in [0.3, 0.4) is 0 Å². The molecule has 0 bridgehead atoms. The van der Waals surface area contributed by atoms with Gasteiger partial charge in [0.1, 0.15) is 12.4 Å². The molecule has 7 heteroatoms. The van der Waals surface area contributed by atoms with Crippen molar-refractivity contribution in [1.82, 2.24) is 0 Å². The lowest BCUT2D eigenvalue weighted by Gasteiger charge is -2.12. The Morgan fingerprint density at radius 1 is 0.968 bits per heavy atom. The van der Waals surface area contributed by atoms with Crippen LogP contribution >= 0.6 is 67.8 Å². The second kappa shape index (κ2) is 9.99. The molecule has 0 saturated carbocycles. The number of benzene rings is 3. The van der Waals surface area contributed by atoms with E-state index in [0.717, 1.165) is 35.1 Å². The topological polar surface area (TPSA) is 47.9 Å². The summed E-state index contributed by atoms with van der Waals surface area (Å²) < 4.78 is 14.6. The summed E-state index contributed by atoms with van der Waals surface area (Å²) in [5, 5.41) is 0. The molecule has 0 N–H and O–H groups in total. The summed E-state index contributed by atoms with van der Waals surface area (Å²) in [6, 6.07) is 19.8. The van der Waals surface area contributed by atoms with Crippen LogP contribution in [0.5, 0.6) is 5.75 Å². The second-order valence-electron chi connectivity index (χ2n) is 6.90. The van der Waals surface area contributed by atoms with Gasteiger partial charge in [-0.2, -0.15) is 0 Å². The Kier molecular flexibility index (Phi) is 7.32. The van der Waals surface area contributed by atoms with Crippen molar-refractivity contribution in [3.8, 4) is 5.75 Å². The summed E-state index contributed by atoms with van der Waals surface area (Å²) in [6.45, 7) is 2.51. The molecule has 1 heterocycles. The van der Waals surface area contributed by atoms with Crippen molar-refractivity contribution in [2.24, 2.45) is 4.99 Å². The van der Waals surface area contributed by atoms with Gasteiger partial charge in [-0.25, -0.2) is 9.79 Å². The van der Waals surface area contributed by atoms with Gasteiger partial charge in [-0.05, 0) is 117 Å². The maximum atomic E-state index is 12.3. The fourth-order valence-electron chi connectivity index (χ4n) is 2.95. The summed E-state index contributed by atoms with van der Waals surface area (Å²) in [5.41, 5.74) is 4.22. The number of esters is 1. The Morgan fingerprint density at radius 2 is 1.65 bits per heavy atom. The first-order chi connectivity index (χ1) is 14.9. The van der Waals surface area contributed by atoms with E-state index in [1.54, 1.807) is 6.08 Å². The van der Waals surface area contributed by atoms with E-state index in [4.69, 9.17) is 9.47 Å². The van der Waals surface area contributed by atoms with E-state index in [2.05, 4.69) is 84.9 Å². The van der Waals surface area contributed by atoms with Crippen LogP contribution in [0.25, 0.3) is 6.08 Å². The molecule has 1 aliphatic heterocycles. The molecule has 0 fully saturated rings. The monoisotopic (exact) mass is 747 g/mol. The molecule has 0 amide bonds. The standard InChI is InChI=1S/C24H16I3NO3/c1-14-6-8-16(9-7-14)23-28-21(24(29)31-23)12-15-10-19(26)22(20(27)11-15)30-13-17-4-2-3-5-18(17)25/h2-12H,13H2,1H3/b21-12-. The number of cyclic esters (lactones) is 1. The van der Waals surface area contributed by atoms with Crippen molar-refractivity contribution in [2.75, 3.05) is 0 Å². The minimum Gasteiger partial charge on any atom is -0.487 e. The molecule has 156 valence electrons. The molecule has 31 heavy (non-hydrogen) atoms. The summed E-state index contributed by atoms with van der Waals surface area (Å²) in [4.78, 5) is 16.7. The van der Waals surface area contributed by atoms with Gasteiger partial charge in [0, 0.05) is 14.7 Å². The SMILES string of the molecule is Cc1ccc(C2=N/C(=C\c3cc(I)c(OCc4ccccc4I)c(I)c3)C(=O)O2)cc1. The van der Waals surface area contributed by atoms with Crippen molar-refractivity contribution >= 4 is 85.7 Å². The predicted octanol–water partition coefficient (Wildman–Crippen LogP) is 6.73. The molecule has 3 aromatic rings. The average Bonchev–Trinajstić information content (AvgIpc) is 3.09. The number of hydrogen-bond acceptors (Lipinski definition) is 4. The highest BCUT2D eigenvalue weighted by Crippen LogP contribution is 2.31. The summed E-state index contributed by atoms with van der Waals surface area (Å²) >= 11 is 6.83. The minimum absolute atomic E-state index is 0.287. The molecule has 0 saturated heterocycles. The fourth-order valence-corrected chi connectivity index (χ4v) is 5.62. The quantitative estimate of drug-likeness (QED) is 0.165. The normalized spacial score (nSPS) is 14.5. The first-order valence-corrected chi connectivity index (χ1v) is 12.6. The van der Waals surface area contributed by atoms with Crippen LogP contribution in [0.15, 0.2) is 71.4 Å². The smallest absolute Gasteiger partial charge is 0.363 e. The van der Waals surface area contributed by atoms with E-state index in [1.807, 2.05) is 55.5 Å². The first kappa shape index (κ1) is 22.7. The van der Waals surface area contributed by atoms with Gasteiger partial charge < -0.3 is 9.47 Å². The van der Waals surface area contributed by atoms with E-state index < -0.39 is 5.97 Å². The van der Waals surface area contributed by atoms with Crippen LogP contribution in [0, 0.1) is 17.6 Å². The van der Waals surface area contributed by atoms with E-state index in [1.165, 1.54) is 3.57 Å². The third-order valence-corrected chi connectivity index (χ3v) is 7.23. The van der Waals surface area contributed by atoms with Gasteiger partial charge >= 0.3 is 5.97 Å². The molecular weight excluding hydrogens is 731 g/mol. The lowest BCUT2D eigenvalue weighted by atomic mass is 10.1. The summed E-state index contributed by atoms with van der Waals surface area (Å²) in [5.74, 6) is 0.721. The van der Waals surface area contributed by atoms with Crippen molar-refractivity contribution in [2.45, 2.75) is 13.5 Å². The van der Waals surface area contributed by atoms with Gasteiger partial charge in [0.2, 0.25) is 5.90 Å². The second-order valence-corrected chi connectivity index (χ2v) is 10.4. The van der Waals surface area contributed by atoms with Crippen LogP contribution < -0.4 is 4.74 Å². The summed E-state index contributed by atoms with van der Waals surface area (Å²) in [6.07, 6.45) is 1.75. The number of carbonyl (C=O) groups is 1. The zero-order valence-corrected chi connectivity index (χ0v) is 22.8. The van der Waals surface area contributed by atoms with Crippen LogP contribution in [-0.2, 0) is 16.1 Å². The zero-order valence-electron chi connectivity index (χ0n) is 16.4. The number of rotatable bonds is 5. The largest absolute Gasteiger partial charge is 0.487 e. The van der Waals surface area contributed by atoms with E-state index in [9.17, 15) is 4.79 Å². The van der Waals surface area contributed by atoms with Crippen molar-refractivity contribution in [1.29, 1.82) is 0 Å². The van der Waals surface area contributed by atoms with Crippen LogP contribution in [-0.4, -0.2) is 11.9 Å². The Bertz CT molecular complexity index is 1190. The zero-order chi connectivity index (χ0) is 22.0. The average molecular weight is 747 g/mol. The van der Waals surface area contributed by atoms with Gasteiger partial charge in [0.05, 0.1) is 7.14 Å². The predicted molar refractivity (Wildman–Crippen MR) is 147 cm³/mol. The molecule has 0 unspecified atom stereocenters. The molecule has 4 nitrogen and oxygen atoms in total. The van der Waals surface area contributed by atoms with E-state index in [0.29, 0.717) is 12.5 Å². The molecule has 3 aromatic carbocycles. The molecule has 1 aliphatic rings. The van der Waals surface area contributed by atoms with E-state index >= 15 is 0 Å². The lowest BCUT2D eigenvalue weighted by Crippen LogP contribution is -2.05. The van der Waals surface area contributed by atoms with Crippen molar-refractivity contribution in [3.05, 3.63) is 99.3 Å². The Morgan fingerprint density at radius 3 is 2.32 bits per heavy atom. The Balaban J connectivity index is 1.56. The van der Waals surface area contributed by atoms with Gasteiger partial charge in [-0.15, -0.1) is 0 Å². The van der Waals surface area contributed by atoms with Crippen LogP contribution in [0.1, 0.15) is 22.3 Å². The highest BCUT2D eigenvalue weighted by atomic mass is 127. The molecular formula is C24H16I3NO3. The maximum Gasteiger partial charge on any atom is 0.363 e. The number of halogens is 3. The van der Waals surface area contributed by atoms with Gasteiger partial charge in [-0.1, -0.05) is 35.9 Å². The Labute approximate surface area is 221 Å². The number of carbonyl (C=O) groups excluding carboxylic acids is 1. The number of aryl methyl sites for hydroxylation is 1. The molecule has 0 aliphatic carbocycles. The summed E-state index contributed by atoms with van der Waals surface area (Å²) in [7, 11) is 0. The molecule has 0 aromatic heterocycles. The molecule has 4 rings (SSSR count). The van der Waals surface area contributed by atoms with Crippen molar-refractivity contribution < 1.29 is 14.3 Å². The molecule has 0 radical (unpaired) electrons. The lowest BCUT2D eigenvalue weighted by molar-refractivity contribution is -0.129. The van der Waals surface area contributed by atoms with Gasteiger partial charge in [-0.3, -0.25) is 0 Å². The number of aliphatic imine (C=N–C) groups is 1. The Hall–Kier alpha value is -1.47. The van der Waals surface area contributed by atoms with Gasteiger partial charge in [0.15, 0.2) is 5.70 Å². The fraction of sp³-hybridized carbons (Fsp3) is 0.0833. The highest BCUT2D eigenvalue weighted by molar-refractivity contribution is 14.1. The molecule has 0 spiro atoms. The van der Waals surface area contributed by atoms with Crippen molar-refractivity contribution in [3.63, 3.8) is 0 Å². The highest BCUT2D eigenvalue weighted by Gasteiger charge is 2.24. The third-order valence-electron chi connectivity index (χ3n) is 4.57.